The molecule has 8 heteroatoms. The van der Waals surface area contributed by atoms with E-state index < -0.39 is 6.04 Å². The van der Waals surface area contributed by atoms with Gasteiger partial charge in [0.15, 0.2) is 4.96 Å². The van der Waals surface area contributed by atoms with Crippen LogP contribution in [0.4, 0.5) is 0 Å². The van der Waals surface area contributed by atoms with Gasteiger partial charge in [-0.15, -0.1) is 11.3 Å². The molecule has 140 valence electrons. The summed E-state index contributed by atoms with van der Waals surface area (Å²) in [5, 5.41) is 1.95. The molecule has 7 nitrogen and oxygen atoms in total. The maximum atomic E-state index is 12.9. The summed E-state index contributed by atoms with van der Waals surface area (Å²) in [7, 11) is 0. The number of likely N-dealkylation sites (tertiary alicyclic amines) is 1. The lowest BCUT2D eigenvalue weighted by Gasteiger charge is -2.24. The number of nitrogens with zero attached hydrogens (tertiary/aromatic N) is 3. The molecule has 0 spiro atoms. The Hall–Kier alpha value is -2.71. The van der Waals surface area contributed by atoms with Crippen LogP contribution in [0.1, 0.15) is 30.1 Å². The molecular weight excluding hydrogens is 362 g/mol. The first-order chi connectivity index (χ1) is 13.2. The van der Waals surface area contributed by atoms with E-state index in [9.17, 15) is 9.59 Å². The lowest BCUT2D eigenvalue weighted by molar-refractivity contribution is -0.133. The standard InChI is InChI=1S/C19H21N5O2S/c25-16(12-15-13-24-10-11-27-19(24)20-15)21-22-17(14-6-2-1-3-7-14)18(26)23-8-4-5-9-23/h1-3,6-7,10-11,13,17,22H,4-5,8-9,12H2,(H,21,25)/t17-/m0/s1. The first-order valence-electron chi connectivity index (χ1n) is 9.00. The van der Waals surface area contributed by atoms with Gasteiger partial charge in [0.05, 0.1) is 12.1 Å². The number of amides is 2. The topological polar surface area (TPSA) is 78.7 Å². The van der Waals surface area contributed by atoms with Gasteiger partial charge in [-0.2, -0.15) is 0 Å². The molecule has 1 aromatic carbocycles. The number of nitrogens with one attached hydrogen (secondary N) is 2. The van der Waals surface area contributed by atoms with Gasteiger partial charge in [0.2, 0.25) is 11.8 Å². The monoisotopic (exact) mass is 383 g/mol. The van der Waals surface area contributed by atoms with Crippen molar-refractivity contribution in [1.82, 2.24) is 25.1 Å². The molecule has 0 aliphatic carbocycles. The van der Waals surface area contributed by atoms with E-state index in [4.69, 9.17) is 0 Å². The summed E-state index contributed by atoms with van der Waals surface area (Å²) in [5.41, 5.74) is 7.15. The van der Waals surface area contributed by atoms with Crippen molar-refractivity contribution in [2.45, 2.75) is 25.3 Å². The second kappa shape index (κ2) is 7.89. The number of benzene rings is 1. The van der Waals surface area contributed by atoms with E-state index in [0.717, 1.165) is 36.5 Å². The predicted molar refractivity (Wildman–Crippen MR) is 103 cm³/mol. The number of hydrogen-bond acceptors (Lipinski definition) is 5. The zero-order valence-corrected chi connectivity index (χ0v) is 15.6. The molecule has 0 radical (unpaired) electrons. The molecule has 3 heterocycles. The van der Waals surface area contributed by atoms with Crippen molar-refractivity contribution in [3.8, 4) is 0 Å². The van der Waals surface area contributed by atoms with E-state index in [1.165, 1.54) is 11.3 Å². The largest absolute Gasteiger partial charge is 0.341 e. The van der Waals surface area contributed by atoms with Gasteiger partial charge in [0.1, 0.15) is 6.04 Å². The van der Waals surface area contributed by atoms with Crippen LogP contribution in [0.3, 0.4) is 0 Å². The van der Waals surface area contributed by atoms with Gasteiger partial charge in [-0.3, -0.25) is 19.4 Å². The van der Waals surface area contributed by atoms with Crippen LogP contribution in [-0.4, -0.2) is 39.2 Å². The van der Waals surface area contributed by atoms with Crippen LogP contribution in [-0.2, 0) is 16.0 Å². The van der Waals surface area contributed by atoms with Crippen molar-refractivity contribution >= 4 is 28.1 Å². The summed E-state index contributed by atoms with van der Waals surface area (Å²) in [6.45, 7) is 1.53. The minimum absolute atomic E-state index is 0.0125. The number of fused-ring (bicyclic) bond motifs is 1. The first-order valence-corrected chi connectivity index (χ1v) is 9.88. The molecule has 2 N–H and O–H groups in total. The Morgan fingerprint density at radius 1 is 1.19 bits per heavy atom. The lowest BCUT2D eigenvalue weighted by Crippen LogP contribution is -2.47. The normalized spacial score (nSPS) is 15.2. The summed E-state index contributed by atoms with van der Waals surface area (Å²) in [6, 6.07) is 8.87. The fourth-order valence-corrected chi connectivity index (χ4v) is 3.99. The maximum absolute atomic E-state index is 12.9. The number of aromatic nitrogens is 2. The number of hydrogen-bond donors (Lipinski definition) is 2. The molecule has 0 bridgehead atoms. The van der Waals surface area contributed by atoms with Crippen LogP contribution in [0.25, 0.3) is 4.96 Å². The van der Waals surface area contributed by atoms with Crippen molar-refractivity contribution < 1.29 is 9.59 Å². The summed E-state index contributed by atoms with van der Waals surface area (Å²) >= 11 is 1.52. The van der Waals surface area contributed by atoms with Crippen LogP contribution in [0.15, 0.2) is 48.1 Å². The van der Waals surface area contributed by atoms with Crippen LogP contribution in [0.5, 0.6) is 0 Å². The molecular formula is C19H21N5O2S. The highest BCUT2D eigenvalue weighted by Crippen LogP contribution is 2.18. The molecule has 1 atom stereocenters. The Morgan fingerprint density at radius 2 is 1.96 bits per heavy atom. The molecule has 2 amide bonds. The summed E-state index contributed by atoms with van der Waals surface area (Å²) < 4.78 is 1.89. The third-order valence-corrected chi connectivity index (χ3v) is 5.41. The van der Waals surface area contributed by atoms with Crippen molar-refractivity contribution in [2.75, 3.05) is 13.1 Å². The van der Waals surface area contributed by atoms with Crippen LogP contribution >= 0.6 is 11.3 Å². The fraction of sp³-hybridized carbons (Fsp3) is 0.316. The number of hydrazine groups is 1. The number of carbonyl (C=O) groups excluding carboxylic acids is 2. The van der Waals surface area contributed by atoms with Crippen LogP contribution < -0.4 is 10.9 Å². The van der Waals surface area contributed by atoms with Crippen molar-refractivity contribution in [3.63, 3.8) is 0 Å². The number of rotatable bonds is 6. The lowest BCUT2D eigenvalue weighted by atomic mass is 10.1. The highest BCUT2D eigenvalue weighted by atomic mass is 32.1. The maximum Gasteiger partial charge on any atom is 0.246 e. The highest BCUT2D eigenvalue weighted by Gasteiger charge is 2.28. The first kappa shape index (κ1) is 17.7. The minimum Gasteiger partial charge on any atom is -0.341 e. The van der Waals surface area contributed by atoms with Gasteiger partial charge in [-0.1, -0.05) is 30.3 Å². The molecule has 3 aromatic rings. The van der Waals surface area contributed by atoms with Crippen molar-refractivity contribution in [1.29, 1.82) is 0 Å². The number of carbonyl (C=O) groups is 2. The van der Waals surface area contributed by atoms with Crippen LogP contribution in [0, 0.1) is 0 Å². The molecule has 1 aliphatic rings. The molecule has 1 saturated heterocycles. The smallest absolute Gasteiger partial charge is 0.246 e. The third kappa shape index (κ3) is 4.01. The zero-order valence-electron chi connectivity index (χ0n) is 14.8. The van der Waals surface area contributed by atoms with E-state index in [2.05, 4.69) is 15.8 Å². The second-order valence-electron chi connectivity index (χ2n) is 6.57. The van der Waals surface area contributed by atoms with Gasteiger partial charge < -0.3 is 4.90 Å². The summed E-state index contributed by atoms with van der Waals surface area (Å²) in [5.74, 6) is -0.239. The van der Waals surface area contributed by atoms with Gasteiger partial charge in [0, 0.05) is 30.9 Å². The molecule has 1 fully saturated rings. The van der Waals surface area contributed by atoms with Crippen molar-refractivity contribution in [3.05, 3.63) is 59.4 Å². The molecule has 1 aliphatic heterocycles. The third-order valence-electron chi connectivity index (χ3n) is 4.64. The number of imidazole rings is 1. The Bertz CT molecular complexity index is 901. The molecule has 2 aromatic heterocycles. The average Bonchev–Trinajstić information content (AvgIpc) is 3.40. The average molecular weight is 383 g/mol. The summed E-state index contributed by atoms with van der Waals surface area (Å²) in [4.78, 5) is 32.4. The van der Waals surface area contributed by atoms with Crippen molar-refractivity contribution in [2.24, 2.45) is 0 Å². The highest BCUT2D eigenvalue weighted by molar-refractivity contribution is 7.15. The van der Waals surface area contributed by atoms with E-state index in [0.29, 0.717) is 5.69 Å². The van der Waals surface area contributed by atoms with Gasteiger partial charge in [-0.25, -0.2) is 10.4 Å². The Morgan fingerprint density at radius 3 is 2.70 bits per heavy atom. The molecule has 0 saturated carbocycles. The van der Waals surface area contributed by atoms with E-state index in [1.54, 1.807) is 0 Å². The SMILES string of the molecule is O=C(Cc1cn2ccsc2n1)NN[C@H](C(=O)N1CCCC1)c1ccccc1. The second-order valence-corrected chi connectivity index (χ2v) is 7.44. The van der Waals surface area contributed by atoms with E-state index >= 15 is 0 Å². The van der Waals surface area contributed by atoms with Gasteiger partial charge >= 0.3 is 0 Å². The summed E-state index contributed by atoms with van der Waals surface area (Å²) in [6.07, 6.45) is 5.96. The minimum atomic E-state index is -0.598. The fourth-order valence-electron chi connectivity index (χ4n) is 3.28. The van der Waals surface area contributed by atoms with Crippen LogP contribution in [0.2, 0.25) is 0 Å². The molecule has 0 unspecified atom stereocenters. The number of thiazole rings is 1. The van der Waals surface area contributed by atoms with E-state index in [1.807, 2.05) is 57.4 Å². The Labute approximate surface area is 161 Å². The Kier molecular flexibility index (Phi) is 5.17. The molecule has 27 heavy (non-hydrogen) atoms. The Balaban J connectivity index is 1.42. The van der Waals surface area contributed by atoms with Gasteiger partial charge in [-0.05, 0) is 18.4 Å². The zero-order chi connectivity index (χ0) is 18.6. The molecule has 4 rings (SSSR count). The quantitative estimate of drug-likeness (QED) is 0.638. The van der Waals surface area contributed by atoms with E-state index in [-0.39, 0.29) is 18.2 Å². The van der Waals surface area contributed by atoms with Gasteiger partial charge in [0.25, 0.3) is 0 Å². The predicted octanol–water partition coefficient (Wildman–Crippen LogP) is 1.92.